The largest absolute Gasteiger partial charge is 0.478 e. The molecule has 1 rings (SSSR count). The zero-order chi connectivity index (χ0) is 8.10. The lowest BCUT2D eigenvalue weighted by Crippen LogP contribution is -2.05. The second-order valence-corrected chi connectivity index (χ2v) is 3.03. The summed E-state index contributed by atoms with van der Waals surface area (Å²) in [5.41, 5.74) is 0. The molecule has 1 aliphatic rings. The summed E-state index contributed by atoms with van der Waals surface area (Å²) < 4.78 is 5.23. The molecule has 64 valence electrons. The van der Waals surface area contributed by atoms with Crippen molar-refractivity contribution >= 4 is 17.5 Å². The molecule has 1 aliphatic heterocycles. The van der Waals surface area contributed by atoms with Crippen LogP contribution in [0, 0.1) is 0 Å². The Labute approximate surface area is 72.6 Å². The van der Waals surface area contributed by atoms with Crippen LogP contribution in [0.25, 0.3) is 0 Å². The van der Waals surface area contributed by atoms with E-state index >= 15 is 0 Å². The van der Waals surface area contributed by atoms with Gasteiger partial charge in [0.25, 0.3) is 0 Å². The van der Waals surface area contributed by atoms with Crippen LogP contribution in [0.15, 0.2) is 4.99 Å². The van der Waals surface area contributed by atoms with E-state index in [1.807, 2.05) is 0 Å². The van der Waals surface area contributed by atoms with Crippen molar-refractivity contribution in [1.82, 2.24) is 0 Å². The van der Waals surface area contributed by atoms with E-state index < -0.39 is 0 Å². The molecule has 0 spiro atoms. The van der Waals surface area contributed by atoms with E-state index in [-0.39, 0.29) is 0 Å². The topological polar surface area (TPSA) is 21.6 Å². The van der Waals surface area contributed by atoms with Crippen LogP contribution in [-0.2, 0) is 4.74 Å². The molecule has 0 aromatic rings. The number of halogens is 1. The SMILES string of the molecule is CCCC[C@H]1COC(CCl)=N1. The molecule has 0 unspecified atom stereocenters. The highest BCUT2D eigenvalue weighted by Crippen LogP contribution is 2.11. The third kappa shape index (κ3) is 2.70. The summed E-state index contributed by atoms with van der Waals surface area (Å²) in [5.74, 6) is 1.13. The summed E-state index contributed by atoms with van der Waals surface area (Å²) >= 11 is 5.55. The molecule has 0 amide bonds. The van der Waals surface area contributed by atoms with Crippen molar-refractivity contribution in [3.8, 4) is 0 Å². The Morgan fingerprint density at radius 3 is 3.09 bits per heavy atom. The summed E-state index contributed by atoms with van der Waals surface area (Å²) in [5, 5.41) is 0. The van der Waals surface area contributed by atoms with Crippen molar-refractivity contribution in [3.63, 3.8) is 0 Å². The predicted octanol–water partition coefficient (Wildman–Crippen LogP) is 2.21. The number of aliphatic imine (C=N–C) groups is 1. The summed E-state index contributed by atoms with van der Waals surface area (Å²) in [6, 6.07) is 0.378. The first-order chi connectivity index (χ1) is 5.36. The van der Waals surface area contributed by atoms with Gasteiger partial charge in [-0.3, -0.25) is 0 Å². The fourth-order valence-corrected chi connectivity index (χ4v) is 1.28. The number of alkyl halides is 1. The minimum atomic E-state index is 0.378. The van der Waals surface area contributed by atoms with Gasteiger partial charge in [0.05, 0.1) is 11.9 Å². The van der Waals surface area contributed by atoms with E-state index in [4.69, 9.17) is 16.3 Å². The first-order valence-electron chi connectivity index (χ1n) is 4.12. The molecule has 0 N–H and O–H groups in total. The van der Waals surface area contributed by atoms with Crippen LogP contribution < -0.4 is 0 Å². The summed E-state index contributed by atoms with van der Waals surface area (Å²) in [7, 11) is 0. The third-order valence-electron chi connectivity index (χ3n) is 1.77. The molecule has 0 aromatic heterocycles. The summed E-state index contributed by atoms with van der Waals surface area (Å²) in [6.07, 6.45) is 3.59. The molecule has 0 aliphatic carbocycles. The van der Waals surface area contributed by atoms with E-state index in [1.54, 1.807) is 0 Å². The lowest BCUT2D eigenvalue weighted by atomic mass is 10.1. The van der Waals surface area contributed by atoms with E-state index in [0.717, 1.165) is 13.0 Å². The van der Waals surface area contributed by atoms with Crippen molar-refractivity contribution in [2.45, 2.75) is 32.2 Å². The number of ether oxygens (including phenoxy) is 1. The van der Waals surface area contributed by atoms with Crippen molar-refractivity contribution < 1.29 is 4.74 Å². The Balaban J connectivity index is 2.22. The van der Waals surface area contributed by atoms with Crippen LogP contribution in [0.5, 0.6) is 0 Å². The van der Waals surface area contributed by atoms with Crippen LogP contribution in [0.1, 0.15) is 26.2 Å². The lowest BCUT2D eigenvalue weighted by Gasteiger charge is -2.01. The van der Waals surface area contributed by atoms with E-state index in [0.29, 0.717) is 17.8 Å². The second kappa shape index (κ2) is 4.60. The number of rotatable bonds is 4. The van der Waals surface area contributed by atoms with E-state index in [9.17, 15) is 0 Å². The molecule has 1 atom stereocenters. The highest BCUT2D eigenvalue weighted by atomic mass is 35.5. The van der Waals surface area contributed by atoms with Crippen molar-refractivity contribution in [2.24, 2.45) is 4.99 Å². The van der Waals surface area contributed by atoms with Crippen molar-refractivity contribution in [1.29, 1.82) is 0 Å². The standard InChI is InChI=1S/C8H14ClNO/c1-2-3-4-7-6-11-8(5-9)10-7/h7H,2-6H2,1H3/t7-/m0/s1. The third-order valence-corrected chi connectivity index (χ3v) is 2.00. The predicted molar refractivity (Wildman–Crippen MR) is 47.4 cm³/mol. The van der Waals surface area contributed by atoms with Gasteiger partial charge in [0.1, 0.15) is 6.61 Å². The fourth-order valence-electron chi connectivity index (χ4n) is 1.13. The van der Waals surface area contributed by atoms with Crippen LogP contribution in [0.4, 0.5) is 0 Å². The van der Waals surface area contributed by atoms with Crippen LogP contribution >= 0.6 is 11.6 Å². The zero-order valence-electron chi connectivity index (χ0n) is 6.85. The van der Waals surface area contributed by atoms with Gasteiger partial charge in [0.15, 0.2) is 5.90 Å². The fraction of sp³-hybridized carbons (Fsp3) is 0.875. The van der Waals surface area contributed by atoms with Gasteiger partial charge in [-0.25, -0.2) is 4.99 Å². The van der Waals surface area contributed by atoms with Gasteiger partial charge >= 0.3 is 0 Å². The van der Waals surface area contributed by atoms with Gasteiger partial charge in [0.2, 0.25) is 0 Å². The molecule has 2 nitrogen and oxygen atoms in total. The first-order valence-corrected chi connectivity index (χ1v) is 4.65. The minimum Gasteiger partial charge on any atom is -0.478 e. The van der Waals surface area contributed by atoms with Gasteiger partial charge in [-0.15, -0.1) is 11.6 Å². The maximum absolute atomic E-state index is 5.55. The van der Waals surface area contributed by atoms with E-state index in [1.165, 1.54) is 12.8 Å². The molecule has 0 radical (unpaired) electrons. The highest BCUT2D eigenvalue weighted by molar-refractivity contribution is 6.27. The quantitative estimate of drug-likeness (QED) is 0.601. The maximum atomic E-state index is 5.55. The Morgan fingerprint density at radius 2 is 2.55 bits per heavy atom. The van der Waals surface area contributed by atoms with Gasteiger partial charge < -0.3 is 4.74 Å². The molecular formula is C8H14ClNO. The van der Waals surface area contributed by atoms with Crippen LogP contribution in [-0.4, -0.2) is 24.4 Å². The average Bonchev–Trinajstić information content (AvgIpc) is 2.48. The molecule has 0 bridgehead atoms. The second-order valence-electron chi connectivity index (χ2n) is 2.76. The first kappa shape index (κ1) is 8.85. The Bertz CT molecular complexity index is 147. The molecule has 0 aromatic carbocycles. The average molecular weight is 176 g/mol. The molecular weight excluding hydrogens is 162 g/mol. The Morgan fingerprint density at radius 1 is 1.73 bits per heavy atom. The number of nitrogens with zero attached hydrogens (tertiary/aromatic N) is 1. The number of unbranched alkanes of at least 4 members (excludes halogenated alkanes) is 1. The van der Waals surface area contributed by atoms with Crippen molar-refractivity contribution in [2.75, 3.05) is 12.5 Å². The van der Waals surface area contributed by atoms with Crippen molar-refractivity contribution in [3.05, 3.63) is 0 Å². The smallest absolute Gasteiger partial charge is 0.199 e. The maximum Gasteiger partial charge on any atom is 0.199 e. The zero-order valence-corrected chi connectivity index (χ0v) is 7.60. The molecule has 3 heteroatoms. The van der Waals surface area contributed by atoms with E-state index in [2.05, 4.69) is 11.9 Å². The highest BCUT2D eigenvalue weighted by Gasteiger charge is 2.16. The van der Waals surface area contributed by atoms with Crippen LogP contribution in [0.2, 0.25) is 0 Å². The minimum absolute atomic E-state index is 0.378. The molecule has 0 fully saturated rings. The Kier molecular flexibility index (Phi) is 3.70. The molecule has 0 saturated heterocycles. The number of hydrogen-bond donors (Lipinski definition) is 0. The summed E-state index contributed by atoms with van der Waals surface area (Å²) in [4.78, 5) is 4.31. The Hall–Kier alpha value is -0.240. The van der Waals surface area contributed by atoms with Gasteiger partial charge in [-0.1, -0.05) is 19.8 Å². The molecule has 0 saturated carbocycles. The lowest BCUT2D eigenvalue weighted by molar-refractivity contribution is 0.308. The molecule has 1 heterocycles. The van der Waals surface area contributed by atoms with Crippen LogP contribution in [0.3, 0.4) is 0 Å². The van der Waals surface area contributed by atoms with Gasteiger partial charge in [-0.05, 0) is 6.42 Å². The summed E-state index contributed by atoms with van der Waals surface area (Å²) in [6.45, 7) is 2.92. The van der Waals surface area contributed by atoms with Gasteiger partial charge in [0, 0.05) is 0 Å². The number of hydrogen-bond acceptors (Lipinski definition) is 2. The normalized spacial score (nSPS) is 23.1. The molecule has 11 heavy (non-hydrogen) atoms. The van der Waals surface area contributed by atoms with Gasteiger partial charge in [-0.2, -0.15) is 0 Å². The monoisotopic (exact) mass is 175 g/mol.